The topological polar surface area (TPSA) is 213 Å². The molecule has 0 amide bonds. The monoisotopic (exact) mass is 324 g/mol. The molecule has 0 radical (unpaired) electrons. The molecule has 0 aromatic heterocycles. The Morgan fingerprint density at radius 3 is 1.89 bits per heavy atom. The maximum Gasteiger partial charge on any atom is 0.0634 e. The number of nitrogens with one attached hydrogen (secondary N) is 1. The summed E-state index contributed by atoms with van der Waals surface area (Å²) in [7, 11) is 0. The number of hydrogen-bond donors (Lipinski definition) is 1. The summed E-state index contributed by atoms with van der Waals surface area (Å²) in [4.78, 5) is 0. The smallest absolute Gasteiger partial charge is 0.0634 e. The molecular formula is C9H22Cl2N2O6. The minimum atomic E-state index is 0. The number of nitrogens with zero attached hydrogens (tertiary/aromatic N) is 1. The van der Waals surface area contributed by atoms with Crippen LogP contribution < -0.4 is 5.43 Å². The molecule has 0 atom stereocenters. The normalized spacial score (nSPS) is 7.79. The highest BCUT2D eigenvalue weighted by atomic mass is 35.5. The molecule has 13 N–H and O–H groups in total. The van der Waals surface area contributed by atoms with Crippen molar-refractivity contribution in [3.8, 4) is 0 Å². The van der Waals surface area contributed by atoms with Crippen molar-refractivity contribution >= 4 is 42.8 Å². The number of anilines is 1. The van der Waals surface area contributed by atoms with E-state index in [9.17, 15) is 0 Å². The fourth-order valence-electron chi connectivity index (χ4n) is 1.04. The average Bonchev–Trinajstić information content (AvgIpc) is 2.28. The minimum absolute atomic E-state index is 0. The van der Waals surface area contributed by atoms with Crippen molar-refractivity contribution < 1.29 is 32.9 Å². The number of para-hydroxylation sites is 1. The molecule has 0 aliphatic carbocycles. The molecule has 1 aliphatic heterocycles. The molecule has 0 saturated carbocycles. The van der Waals surface area contributed by atoms with Crippen LogP contribution in [0.25, 0.3) is 6.08 Å². The number of halogens is 2. The molecule has 10 heteroatoms. The van der Waals surface area contributed by atoms with Gasteiger partial charge in [-0.3, -0.25) is 5.43 Å². The van der Waals surface area contributed by atoms with E-state index in [2.05, 4.69) is 10.5 Å². The van der Waals surface area contributed by atoms with Gasteiger partial charge in [-0.25, -0.2) is 0 Å². The standard InChI is InChI=1S/C9H8N2.2ClH.6H2O/c1-2-6-9-8(4-1)5-3-7-10-11-9;;;;;;;;/h1-7,11H;2*1H;6*1H2. The van der Waals surface area contributed by atoms with Gasteiger partial charge in [-0.1, -0.05) is 24.3 Å². The lowest BCUT2D eigenvalue weighted by Crippen LogP contribution is -1.87. The second-order valence-electron chi connectivity index (χ2n) is 2.34. The molecular weight excluding hydrogens is 303 g/mol. The van der Waals surface area contributed by atoms with Crippen molar-refractivity contribution in [1.82, 2.24) is 0 Å². The molecule has 0 fully saturated rings. The van der Waals surface area contributed by atoms with Crippen LogP contribution in [0.4, 0.5) is 5.69 Å². The summed E-state index contributed by atoms with van der Waals surface area (Å²) < 4.78 is 0. The fourth-order valence-corrected chi connectivity index (χ4v) is 1.04. The minimum Gasteiger partial charge on any atom is -0.412 e. The van der Waals surface area contributed by atoms with E-state index in [0.717, 1.165) is 5.69 Å². The lowest BCUT2D eigenvalue weighted by atomic mass is 10.2. The van der Waals surface area contributed by atoms with Gasteiger partial charge in [0.1, 0.15) is 0 Å². The van der Waals surface area contributed by atoms with Gasteiger partial charge in [-0.15, -0.1) is 24.8 Å². The molecule has 1 aromatic rings. The van der Waals surface area contributed by atoms with Gasteiger partial charge in [0.25, 0.3) is 0 Å². The zero-order valence-electron chi connectivity index (χ0n) is 9.81. The van der Waals surface area contributed by atoms with Crippen LogP contribution in [0.2, 0.25) is 0 Å². The molecule has 0 saturated heterocycles. The molecule has 2 rings (SSSR count). The Hall–Kier alpha value is -1.23. The number of fused-ring (bicyclic) bond motifs is 1. The van der Waals surface area contributed by atoms with E-state index >= 15 is 0 Å². The number of hydrogen-bond acceptors (Lipinski definition) is 2. The average molecular weight is 325 g/mol. The summed E-state index contributed by atoms with van der Waals surface area (Å²) >= 11 is 0. The van der Waals surface area contributed by atoms with Gasteiger partial charge >= 0.3 is 0 Å². The van der Waals surface area contributed by atoms with Crippen molar-refractivity contribution in [2.45, 2.75) is 0 Å². The van der Waals surface area contributed by atoms with Crippen molar-refractivity contribution in [3.63, 3.8) is 0 Å². The van der Waals surface area contributed by atoms with E-state index in [1.807, 2.05) is 36.4 Å². The first kappa shape index (κ1) is 43.1. The third-order valence-corrected chi connectivity index (χ3v) is 1.58. The number of hydrazone groups is 1. The second-order valence-corrected chi connectivity index (χ2v) is 2.34. The number of rotatable bonds is 0. The first-order valence-corrected chi connectivity index (χ1v) is 3.51. The molecule has 0 spiro atoms. The maximum atomic E-state index is 3.95. The van der Waals surface area contributed by atoms with Crippen LogP contribution >= 0.6 is 24.8 Å². The maximum absolute atomic E-state index is 3.95. The molecule has 0 bridgehead atoms. The highest BCUT2D eigenvalue weighted by molar-refractivity contribution is 5.85. The van der Waals surface area contributed by atoms with E-state index in [1.165, 1.54) is 5.56 Å². The van der Waals surface area contributed by atoms with Gasteiger partial charge < -0.3 is 32.9 Å². The summed E-state index contributed by atoms with van der Waals surface area (Å²) in [5.41, 5.74) is 5.16. The van der Waals surface area contributed by atoms with E-state index in [-0.39, 0.29) is 57.7 Å². The van der Waals surface area contributed by atoms with Crippen molar-refractivity contribution in [2.24, 2.45) is 5.10 Å². The second kappa shape index (κ2) is 22.0. The quantitative estimate of drug-likeness (QED) is 0.563. The Labute approximate surface area is 122 Å². The van der Waals surface area contributed by atoms with Gasteiger partial charge in [-0.05, 0) is 17.7 Å². The predicted molar refractivity (Wildman–Crippen MR) is 83.8 cm³/mol. The molecule has 19 heavy (non-hydrogen) atoms. The Morgan fingerprint density at radius 1 is 0.789 bits per heavy atom. The van der Waals surface area contributed by atoms with Crippen molar-refractivity contribution in [3.05, 3.63) is 35.9 Å². The van der Waals surface area contributed by atoms with E-state index in [0.29, 0.717) is 0 Å². The van der Waals surface area contributed by atoms with Crippen LogP contribution in [0.5, 0.6) is 0 Å². The first-order valence-electron chi connectivity index (χ1n) is 3.51. The van der Waals surface area contributed by atoms with E-state index in [1.54, 1.807) is 6.21 Å². The van der Waals surface area contributed by atoms with E-state index < -0.39 is 0 Å². The molecule has 0 unspecified atom stereocenters. The third kappa shape index (κ3) is 11.6. The van der Waals surface area contributed by atoms with Crippen LogP contribution in [0, 0.1) is 0 Å². The van der Waals surface area contributed by atoms with Gasteiger partial charge in [0.05, 0.1) is 5.69 Å². The zero-order chi connectivity index (χ0) is 7.52. The summed E-state index contributed by atoms with van der Waals surface area (Å²) in [6, 6.07) is 8.05. The molecule has 1 aromatic carbocycles. The molecule has 8 nitrogen and oxygen atoms in total. The summed E-state index contributed by atoms with van der Waals surface area (Å²) in [6.45, 7) is 0. The summed E-state index contributed by atoms with van der Waals surface area (Å²) in [5, 5.41) is 3.95. The van der Waals surface area contributed by atoms with Crippen LogP contribution in [0.3, 0.4) is 0 Å². The summed E-state index contributed by atoms with van der Waals surface area (Å²) in [5.74, 6) is 0. The summed E-state index contributed by atoms with van der Waals surface area (Å²) in [6.07, 6.45) is 5.68. The van der Waals surface area contributed by atoms with Gasteiger partial charge in [0.15, 0.2) is 0 Å². The fraction of sp³-hybridized carbons (Fsp3) is 0. The number of allylic oxidation sites excluding steroid dienone is 1. The van der Waals surface area contributed by atoms with Crippen LogP contribution in [0.1, 0.15) is 5.56 Å². The van der Waals surface area contributed by atoms with Crippen LogP contribution in [0.15, 0.2) is 35.4 Å². The Kier molecular flexibility index (Phi) is 49.9. The van der Waals surface area contributed by atoms with Crippen LogP contribution in [-0.4, -0.2) is 39.1 Å². The number of benzene rings is 1. The molecule has 118 valence electrons. The van der Waals surface area contributed by atoms with Gasteiger partial charge in [0, 0.05) is 6.21 Å². The largest absolute Gasteiger partial charge is 0.412 e. The Bertz CT molecular complexity index is 338. The Morgan fingerprint density at radius 2 is 1.32 bits per heavy atom. The van der Waals surface area contributed by atoms with Gasteiger partial charge in [0.2, 0.25) is 0 Å². The van der Waals surface area contributed by atoms with Crippen LogP contribution in [-0.2, 0) is 0 Å². The third-order valence-electron chi connectivity index (χ3n) is 1.58. The Balaban J connectivity index is -0.0000000360. The molecule has 1 aliphatic rings. The SMILES string of the molecule is C1=Cc2ccccc2NN=C1.Cl.Cl.O.O.O.O.O.O. The first-order chi connectivity index (χ1) is 5.47. The van der Waals surface area contributed by atoms with Crippen molar-refractivity contribution in [1.29, 1.82) is 0 Å². The highest BCUT2D eigenvalue weighted by Gasteiger charge is 1.96. The predicted octanol–water partition coefficient (Wildman–Crippen LogP) is -1.99. The van der Waals surface area contributed by atoms with Gasteiger partial charge in [-0.2, -0.15) is 5.10 Å². The highest BCUT2D eigenvalue weighted by Crippen LogP contribution is 2.17. The van der Waals surface area contributed by atoms with E-state index in [4.69, 9.17) is 0 Å². The lowest BCUT2D eigenvalue weighted by molar-refractivity contribution is 0.823. The lowest BCUT2D eigenvalue weighted by Gasteiger charge is -2.00. The van der Waals surface area contributed by atoms with Crippen molar-refractivity contribution in [2.75, 3.05) is 5.43 Å². The molecule has 1 heterocycles. The zero-order valence-corrected chi connectivity index (χ0v) is 11.4.